The van der Waals surface area contributed by atoms with E-state index in [0.717, 1.165) is 25.8 Å². The van der Waals surface area contributed by atoms with Crippen LogP contribution in [0.4, 0.5) is 5.82 Å². The fraction of sp³-hybridized carbons (Fsp3) is 0.643. The summed E-state index contributed by atoms with van der Waals surface area (Å²) >= 11 is 0. The Kier molecular flexibility index (Phi) is 6.85. The van der Waals surface area contributed by atoms with E-state index in [0.29, 0.717) is 24.0 Å². The number of amides is 1. The van der Waals surface area contributed by atoms with E-state index in [-0.39, 0.29) is 5.91 Å². The average Bonchev–Trinajstić information content (AvgIpc) is 2.39. The predicted molar refractivity (Wildman–Crippen MR) is 77.2 cm³/mol. The molecule has 1 amide bonds. The van der Waals surface area contributed by atoms with Crippen molar-refractivity contribution in [2.75, 3.05) is 18.4 Å². The molecule has 5 nitrogen and oxygen atoms in total. The van der Waals surface area contributed by atoms with Crippen molar-refractivity contribution in [1.82, 2.24) is 15.5 Å². The molecule has 5 heteroatoms. The number of anilines is 1. The maximum atomic E-state index is 11.7. The molecule has 1 aromatic heterocycles. The van der Waals surface area contributed by atoms with Gasteiger partial charge < -0.3 is 10.6 Å². The number of aromatic nitrogens is 2. The lowest BCUT2D eigenvalue weighted by Gasteiger charge is -2.07. The fourth-order valence-corrected chi connectivity index (χ4v) is 1.51. The number of nitrogens with one attached hydrogen (secondary N) is 2. The minimum atomic E-state index is -0.158. The molecule has 0 radical (unpaired) electrons. The van der Waals surface area contributed by atoms with Gasteiger partial charge in [0, 0.05) is 13.1 Å². The second kappa shape index (κ2) is 8.45. The van der Waals surface area contributed by atoms with Crippen LogP contribution in [0.1, 0.15) is 50.5 Å². The van der Waals surface area contributed by atoms with Gasteiger partial charge in [-0.25, -0.2) is 0 Å². The van der Waals surface area contributed by atoms with Crippen molar-refractivity contribution in [2.24, 2.45) is 5.92 Å². The topological polar surface area (TPSA) is 66.9 Å². The van der Waals surface area contributed by atoms with E-state index in [1.165, 1.54) is 0 Å². The second-order valence-electron chi connectivity index (χ2n) is 5.02. The molecule has 1 aromatic rings. The summed E-state index contributed by atoms with van der Waals surface area (Å²) in [5, 5.41) is 13.9. The lowest BCUT2D eigenvalue weighted by atomic mass is 10.1. The third-order valence-electron chi connectivity index (χ3n) is 2.74. The Morgan fingerprint density at radius 1 is 1.26 bits per heavy atom. The molecule has 0 fully saturated rings. The maximum Gasteiger partial charge on any atom is 0.271 e. The molecule has 0 atom stereocenters. The fourth-order valence-electron chi connectivity index (χ4n) is 1.51. The van der Waals surface area contributed by atoms with Gasteiger partial charge in [-0.15, -0.1) is 10.2 Å². The van der Waals surface area contributed by atoms with Crippen LogP contribution in [0, 0.1) is 5.92 Å². The van der Waals surface area contributed by atoms with Crippen LogP contribution in [0.2, 0.25) is 0 Å². The summed E-state index contributed by atoms with van der Waals surface area (Å²) in [5.41, 5.74) is 0.366. The monoisotopic (exact) mass is 264 g/mol. The van der Waals surface area contributed by atoms with Crippen molar-refractivity contribution in [3.8, 4) is 0 Å². The van der Waals surface area contributed by atoms with E-state index >= 15 is 0 Å². The van der Waals surface area contributed by atoms with Gasteiger partial charge in [-0.2, -0.15) is 0 Å². The van der Waals surface area contributed by atoms with Crippen molar-refractivity contribution >= 4 is 11.7 Å². The molecule has 1 rings (SSSR count). The molecule has 2 N–H and O–H groups in total. The Labute approximate surface area is 115 Å². The number of rotatable bonds is 8. The molecule has 0 saturated carbocycles. The van der Waals surface area contributed by atoms with E-state index in [4.69, 9.17) is 0 Å². The van der Waals surface area contributed by atoms with Gasteiger partial charge in [0.25, 0.3) is 5.91 Å². The Hall–Kier alpha value is -1.65. The highest BCUT2D eigenvalue weighted by Crippen LogP contribution is 2.04. The molecule has 0 spiro atoms. The first kappa shape index (κ1) is 15.4. The van der Waals surface area contributed by atoms with Crippen molar-refractivity contribution in [1.29, 1.82) is 0 Å². The molecule has 0 aliphatic heterocycles. The van der Waals surface area contributed by atoms with Gasteiger partial charge in [0.05, 0.1) is 0 Å². The third kappa shape index (κ3) is 6.18. The predicted octanol–water partition coefficient (Wildman–Crippen LogP) is 2.46. The first-order valence-electron chi connectivity index (χ1n) is 6.99. The van der Waals surface area contributed by atoms with E-state index in [9.17, 15) is 4.79 Å². The third-order valence-corrected chi connectivity index (χ3v) is 2.74. The van der Waals surface area contributed by atoms with Crippen LogP contribution < -0.4 is 10.6 Å². The van der Waals surface area contributed by atoms with Crippen molar-refractivity contribution in [3.63, 3.8) is 0 Å². The summed E-state index contributed by atoms with van der Waals surface area (Å²) in [6, 6.07) is 3.49. The number of carbonyl (C=O) groups is 1. The van der Waals surface area contributed by atoms with Crippen LogP contribution in [-0.2, 0) is 0 Å². The van der Waals surface area contributed by atoms with Crippen LogP contribution in [0.15, 0.2) is 12.1 Å². The van der Waals surface area contributed by atoms with E-state index in [1.807, 2.05) is 0 Å². The van der Waals surface area contributed by atoms with Gasteiger partial charge in [0.1, 0.15) is 5.82 Å². The van der Waals surface area contributed by atoms with Gasteiger partial charge >= 0.3 is 0 Å². The first-order chi connectivity index (χ1) is 9.13. The van der Waals surface area contributed by atoms with Crippen LogP contribution in [0.3, 0.4) is 0 Å². The second-order valence-corrected chi connectivity index (χ2v) is 5.02. The first-order valence-corrected chi connectivity index (χ1v) is 6.99. The zero-order valence-electron chi connectivity index (χ0n) is 12.1. The maximum absolute atomic E-state index is 11.7. The van der Waals surface area contributed by atoms with Gasteiger partial charge in [0.2, 0.25) is 0 Å². The largest absolute Gasteiger partial charge is 0.369 e. The van der Waals surface area contributed by atoms with E-state index in [2.05, 4.69) is 41.6 Å². The molecule has 1 heterocycles. The van der Waals surface area contributed by atoms with E-state index < -0.39 is 0 Å². The number of hydrogen-bond acceptors (Lipinski definition) is 4. The summed E-state index contributed by atoms with van der Waals surface area (Å²) in [6.07, 6.45) is 3.12. The summed E-state index contributed by atoms with van der Waals surface area (Å²) in [5.74, 6) is 1.21. The lowest BCUT2D eigenvalue weighted by molar-refractivity contribution is 0.0947. The van der Waals surface area contributed by atoms with Crippen molar-refractivity contribution < 1.29 is 4.79 Å². The Balaban J connectivity index is 2.40. The molecule has 19 heavy (non-hydrogen) atoms. The van der Waals surface area contributed by atoms with Crippen molar-refractivity contribution in [3.05, 3.63) is 17.8 Å². The average molecular weight is 264 g/mol. The summed E-state index contributed by atoms with van der Waals surface area (Å²) < 4.78 is 0. The van der Waals surface area contributed by atoms with Gasteiger partial charge in [0.15, 0.2) is 5.69 Å². The lowest BCUT2D eigenvalue weighted by Crippen LogP contribution is -2.25. The Bertz CT molecular complexity index is 376. The summed E-state index contributed by atoms with van der Waals surface area (Å²) in [7, 11) is 0. The quantitative estimate of drug-likeness (QED) is 0.708. The highest BCUT2D eigenvalue weighted by molar-refractivity contribution is 5.92. The number of hydrogen-bond donors (Lipinski definition) is 2. The molecular formula is C14H24N4O. The van der Waals surface area contributed by atoms with Crippen LogP contribution in [0.25, 0.3) is 0 Å². The normalized spacial score (nSPS) is 10.5. The zero-order valence-corrected chi connectivity index (χ0v) is 12.1. The van der Waals surface area contributed by atoms with Crippen LogP contribution >= 0.6 is 0 Å². The smallest absolute Gasteiger partial charge is 0.271 e. The minimum absolute atomic E-state index is 0.158. The molecular weight excluding hydrogens is 240 g/mol. The highest BCUT2D eigenvalue weighted by atomic mass is 16.1. The molecule has 0 unspecified atom stereocenters. The summed E-state index contributed by atoms with van der Waals surface area (Å²) in [4.78, 5) is 11.7. The Morgan fingerprint density at radius 3 is 2.63 bits per heavy atom. The SMILES string of the molecule is CCCCNC(=O)c1ccc(NCCC(C)C)nn1. The molecule has 106 valence electrons. The highest BCUT2D eigenvalue weighted by Gasteiger charge is 2.07. The summed E-state index contributed by atoms with van der Waals surface area (Å²) in [6.45, 7) is 8.00. The molecule has 0 saturated heterocycles. The van der Waals surface area contributed by atoms with Crippen LogP contribution in [0.5, 0.6) is 0 Å². The van der Waals surface area contributed by atoms with Gasteiger partial charge in [-0.05, 0) is 30.9 Å². The Morgan fingerprint density at radius 2 is 2.05 bits per heavy atom. The molecule has 0 aliphatic carbocycles. The zero-order chi connectivity index (χ0) is 14.1. The van der Waals surface area contributed by atoms with Crippen molar-refractivity contribution in [2.45, 2.75) is 40.0 Å². The molecule has 0 aromatic carbocycles. The minimum Gasteiger partial charge on any atom is -0.369 e. The van der Waals surface area contributed by atoms with Crippen LogP contribution in [-0.4, -0.2) is 29.2 Å². The number of unbranched alkanes of at least 4 members (excludes halogenated alkanes) is 1. The number of carbonyl (C=O) groups excluding carboxylic acids is 1. The van der Waals surface area contributed by atoms with Gasteiger partial charge in [-0.3, -0.25) is 4.79 Å². The van der Waals surface area contributed by atoms with Gasteiger partial charge in [-0.1, -0.05) is 27.2 Å². The molecule has 0 bridgehead atoms. The standard InChI is InChI=1S/C14H24N4O/c1-4-5-9-16-14(19)12-6-7-13(18-17-12)15-10-8-11(2)3/h6-7,11H,4-5,8-10H2,1-3H3,(H,15,18)(H,16,19). The number of nitrogens with zero attached hydrogens (tertiary/aromatic N) is 2. The molecule has 0 aliphatic rings. The van der Waals surface area contributed by atoms with E-state index in [1.54, 1.807) is 12.1 Å².